The van der Waals surface area contributed by atoms with Crippen LogP contribution in [0.5, 0.6) is 0 Å². The Labute approximate surface area is 106 Å². The van der Waals surface area contributed by atoms with Gasteiger partial charge >= 0.3 is 0 Å². The maximum absolute atomic E-state index is 8.95. The lowest BCUT2D eigenvalue weighted by Crippen LogP contribution is -1.86. The van der Waals surface area contributed by atoms with Crippen molar-refractivity contribution in [3.63, 3.8) is 0 Å². The fourth-order valence-electron chi connectivity index (χ4n) is 1.44. The average molecular weight is 245 g/mol. The average Bonchev–Trinajstić information content (AvgIpc) is 2.39. The van der Waals surface area contributed by atoms with Gasteiger partial charge in [0.25, 0.3) is 0 Å². The number of pyridine rings is 1. The number of thioether (sulfide) groups is 1. The minimum Gasteiger partial charge on any atom is -0.392 e. The lowest BCUT2D eigenvalue weighted by Gasteiger charge is -2.03. The largest absolute Gasteiger partial charge is 0.392 e. The molecule has 3 heteroatoms. The maximum Gasteiger partial charge on any atom is 0.0963 e. The van der Waals surface area contributed by atoms with E-state index in [4.69, 9.17) is 5.11 Å². The second-order valence-corrected chi connectivity index (χ2v) is 4.93. The Balaban J connectivity index is 1.95. The minimum atomic E-state index is 0.104. The van der Waals surface area contributed by atoms with Gasteiger partial charge in [-0.3, -0.25) is 0 Å². The molecule has 0 atom stereocenters. The van der Waals surface area contributed by atoms with Crippen molar-refractivity contribution in [1.82, 2.24) is 4.98 Å². The Morgan fingerprint density at radius 2 is 1.76 bits per heavy atom. The van der Waals surface area contributed by atoms with Gasteiger partial charge in [-0.1, -0.05) is 30.3 Å². The SMILES string of the molecule is Cc1ccc(SCc2ccc(CO)cc2)nc1. The van der Waals surface area contributed by atoms with Crippen LogP contribution >= 0.6 is 11.8 Å². The van der Waals surface area contributed by atoms with Gasteiger partial charge in [-0.25, -0.2) is 4.98 Å². The van der Waals surface area contributed by atoms with E-state index in [2.05, 4.69) is 11.1 Å². The highest BCUT2D eigenvalue weighted by atomic mass is 32.2. The van der Waals surface area contributed by atoms with Crippen LogP contribution in [0, 0.1) is 6.92 Å². The standard InChI is InChI=1S/C14H15NOS/c1-11-2-7-14(15-8-11)17-10-13-5-3-12(9-16)4-6-13/h2-8,16H,9-10H2,1H3. The lowest BCUT2D eigenvalue weighted by atomic mass is 10.2. The normalized spacial score (nSPS) is 10.5. The van der Waals surface area contributed by atoms with Crippen LogP contribution in [-0.4, -0.2) is 10.1 Å². The Kier molecular flexibility index (Phi) is 4.18. The van der Waals surface area contributed by atoms with Crippen LogP contribution in [0.2, 0.25) is 0 Å². The van der Waals surface area contributed by atoms with Gasteiger partial charge in [-0.05, 0) is 29.7 Å². The third kappa shape index (κ3) is 3.58. The van der Waals surface area contributed by atoms with Crippen molar-refractivity contribution < 1.29 is 5.11 Å². The molecule has 0 amide bonds. The van der Waals surface area contributed by atoms with Crippen LogP contribution in [0.4, 0.5) is 0 Å². The van der Waals surface area contributed by atoms with Gasteiger partial charge in [0.1, 0.15) is 0 Å². The second-order valence-electron chi connectivity index (χ2n) is 3.94. The first-order valence-corrected chi connectivity index (χ1v) is 6.50. The number of benzene rings is 1. The van der Waals surface area contributed by atoms with E-state index < -0.39 is 0 Å². The van der Waals surface area contributed by atoms with E-state index in [1.54, 1.807) is 11.8 Å². The highest BCUT2D eigenvalue weighted by Gasteiger charge is 1.98. The van der Waals surface area contributed by atoms with Crippen LogP contribution in [0.3, 0.4) is 0 Å². The zero-order valence-corrected chi connectivity index (χ0v) is 10.6. The predicted octanol–water partition coefficient (Wildman–Crippen LogP) is 3.17. The van der Waals surface area contributed by atoms with Crippen molar-refractivity contribution >= 4 is 11.8 Å². The molecule has 0 bridgehead atoms. The number of aromatic nitrogens is 1. The molecule has 0 saturated heterocycles. The minimum absolute atomic E-state index is 0.104. The van der Waals surface area contributed by atoms with Crippen molar-refractivity contribution in [2.75, 3.05) is 0 Å². The molecule has 1 N–H and O–H groups in total. The lowest BCUT2D eigenvalue weighted by molar-refractivity contribution is 0.282. The Morgan fingerprint density at radius 1 is 1.06 bits per heavy atom. The summed E-state index contributed by atoms with van der Waals surface area (Å²) in [7, 11) is 0. The van der Waals surface area contributed by atoms with E-state index in [0.717, 1.165) is 16.3 Å². The number of aryl methyl sites for hydroxylation is 1. The molecule has 0 spiro atoms. The van der Waals surface area contributed by atoms with Gasteiger partial charge in [-0.2, -0.15) is 0 Å². The fraction of sp³-hybridized carbons (Fsp3) is 0.214. The molecule has 1 aromatic heterocycles. The molecule has 2 nitrogen and oxygen atoms in total. The molecule has 88 valence electrons. The number of hydrogen-bond donors (Lipinski definition) is 1. The Morgan fingerprint density at radius 3 is 2.35 bits per heavy atom. The number of hydrogen-bond acceptors (Lipinski definition) is 3. The molecule has 0 saturated carbocycles. The molecular formula is C14H15NOS. The molecule has 2 aromatic rings. The molecule has 0 aliphatic carbocycles. The number of aliphatic hydroxyl groups is 1. The summed E-state index contributed by atoms with van der Waals surface area (Å²) in [4.78, 5) is 4.35. The summed E-state index contributed by atoms with van der Waals surface area (Å²) in [5.41, 5.74) is 3.38. The molecular weight excluding hydrogens is 230 g/mol. The Bertz CT molecular complexity index is 465. The van der Waals surface area contributed by atoms with Crippen molar-refractivity contribution in [3.8, 4) is 0 Å². The summed E-state index contributed by atoms with van der Waals surface area (Å²) in [5, 5.41) is 9.99. The third-order valence-electron chi connectivity index (χ3n) is 2.48. The summed E-state index contributed by atoms with van der Waals surface area (Å²) < 4.78 is 0. The molecule has 0 aliphatic rings. The van der Waals surface area contributed by atoms with E-state index in [1.807, 2.05) is 43.5 Å². The van der Waals surface area contributed by atoms with E-state index in [1.165, 1.54) is 11.1 Å². The summed E-state index contributed by atoms with van der Waals surface area (Å²) in [5.74, 6) is 0.905. The van der Waals surface area contributed by atoms with Crippen LogP contribution in [-0.2, 0) is 12.4 Å². The van der Waals surface area contributed by atoms with Crippen molar-refractivity contribution in [2.24, 2.45) is 0 Å². The molecule has 17 heavy (non-hydrogen) atoms. The van der Waals surface area contributed by atoms with Gasteiger partial charge in [0.15, 0.2) is 0 Å². The van der Waals surface area contributed by atoms with Crippen molar-refractivity contribution in [2.45, 2.75) is 24.3 Å². The van der Waals surface area contributed by atoms with E-state index in [9.17, 15) is 0 Å². The monoisotopic (exact) mass is 245 g/mol. The molecule has 0 radical (unpaired) electrons. The van der Waals surface area contributed by atoms with Crippen LogP contribution in [0.25, 0.3) is 0 Å². The predicted molar refractivity (Wildman–Crippen MR) is 70.9 cm³/mol. The summed E-state index contributed by atoms with van der Waals surface area (Å²) in [6.45, 7) is 2.14. The number of nitrogens with zero attached hydrogens (tertiary/aromatic N) is 1. The third-order valence-corrected chi connectivity index (χ3v) is 3.49. The molecule has 1 aromatic carbocycles. The van der Waals surface area contributed by atoms with E-state index in [-0.39, 0.29) is 6.61 Å². The molecule has 2 rings (SSSR count). The summed E-state index contributed by atoms with van der Waals surface area (Å²) >= 11 is 1.72. The van der Waals surface area contributed by atoms with Crippen molar-refractivity contribution in [1.29, 1.82) is 0 Å². The summed E-state index contributed by atoms with van der Waals surface area (Å²) in [6, 6.07) is 12.1. The van der Waals surface area contributed by atoms with E-state index in [0.29, 0.717) is 0 Å². The molecule has 0 aliphatic heterocycles. The first-order valence-electron chi connectivity index (χ1n) is 5.52. The van der Waals surface area contributed by atoms with Crippen LogP contribution in [0.15, 0.2) is 47.6 Å². The molecule has 0 fully saturated rings. The smallest absolute Gasteiger partial charge is 0.0963 e. The first kappa shape index (κ1) is 12.1. The zero-order valence-electron chi connectivity index (χ0n) is 9.76. The van der Waals surface area contributed by atoms with Gasteiger partial charge in [0, 0.05) is 11.9 Å². The van der Waals surface area contributed by atoms with Gasteiger partial charge < -0.3 is 5.11 Å². The molecule has 1 heterocycles. The quantitative estimate of drug-likeness (QED) is 0.840. The topological polar surface area (TPSA) is 33.1 Å². The summed E-state index contributed by atoms with van der Waals surface area (Å²) in [6.07, 6.45) is 1.89. The number of aliphatic hydroxyl groups excluding tert-OH is 1. The second kappa shape index (κ2) is 5.84. The van der Waals surface area contributed by atoms with Gasteiger partial charge in [0.2, 0.25) is 0 Å². The first-order chi connectivity index (χ1) is 8.28. The highest BCUT2D eigenvalue weighted by Crippen LogP contribution is 2.20. The van der Waals surface area contributed by atoms with Gasteiger partial charge in [-0.15, -0.1) is 11.8 Å². The maximum atomic E-state index is 8.95. The molecule has 0 unspecified atom stereocenters. The number of rotatable bonds is 4. The van der Waals surface area contributed by atoms with Crippen molar-refractivity contribution in [3.05, 3.63) is 59.3 Å². The van der Waals surface area contributed by atoms with Crippen LogP contribution in [0.1, 0.15) is 16.7 Å². The van der Waals surface area contributed by atoms with E-state index >= 15 is 0 Å². The fourth-order valence-corrected chi connectivity index (χ4v) is 2.24. The van der Waals surface area contributed by atoms with Crippen LogP contribution < -0.4 is 0 Å². The highest BCUT2D eigenvalue weighted by molar-refractivity contribution is 7.98. The zero-order chi connectivity index (χ0) is 12.1. The Hall–Kier alpha value is -1.32. The van der Waals surface area contributed by atoms with Gasteiger partial charge in [0.05, 0.1) is 11.6 Å².